The molecule has 3 heterocycles. The molecule has 0 radical (unpaired) electrons. The van der Waals surface area contributed by atoms with Gasteiger partial charge < -0.3 is 9.47 Å². The molecule has 0 aliphatic carbocycles. The van der Waals surface area contributed by atoms with Crippen LogP contribution in [-0.2, 0) is 17.9 Å². The number of piperidine rings is 1. The third kappa shape index (κ3) is 3.63. The number of nitrogens with zero attached hydrogens (tertiary/aromatic N) is 3. The molecule has 25 heavy (non-hydrogen) atoms. The number of benzene rings is 1. The van der Waals surface area contributed by atoms with Crippen LogP contribution in [0.5, 0.6) is 5.75 Å². The number of hydrogen-bond acceptors (Lipinski definition) is 6. The van der Waals surface area contributed by atoms with E-state index in [0.29, 0.717) is 19.2 Å². The van der Waals surface area contributed by atoms with Crippen molar-refractivity contribution < 1.29 is 14.4 Å². The van der Waals surface area contributed by atoms with E-state index in [1.807, 2.05) is 0 Å². The van der Waals surface area contributed by atoms with Gasteiger partial charge in [-0.2, -0.15) is 0 Å². The highest BCUT2D eigenvalue weighted by Gasteiger charge is 2.29. The first-order valence-corrected chi connectivity index (χ1v) is 9.18. The standard InChI is InChI=1S/C18H25N3O4/c22-21(23)17-8-14(18-15(9-17)12-24-13-25-18)10-19-5-3-4-16(11-19)20-6-1-2-7-20/h8-9,16H,1-7,10-13H2. The molecule has 4 rings (SSSR count). The lowest BCUT2D eigenvalue weighted by atomic mass is 10.0. The summed E-state index contributed by atoms with van der Waals surface area (Å²) in [4.78, 5) is 16.0. The second-order valence-electron chi connectivity index (χ2n) is 7.24. The largest absolute Gasteiger partial charge is 0.467 e. The highest BCUT2D eigenvalue weighted by molar-refractivity contribution is 5.50. The van der Waals surface area contributed by atoms with Crippen LogP contribution >= 0.6 is 0 Å². The lowest BCUT2D eigenvalue weighted by Gasteiger charge is -2.38. The first-order valence-electron chi connectivity index (χ1n) is 9.18. The molecule has 136 valence electrons. The van der Waals surface area contributed by atoms with Gasteiger partial charge in [0.1, 0.15) is 5.75 Å². The topological polar surface area (TPSA) is 68.1 Å². The number of rotatable bonds is 4. The maximum atomic E-state index is 11.3. The van der Waals surface area contributed by atoms with Gasteiger partial charge in [0.2, 0.25) is 0 Å². The Balaban J connectivity index is 1.53. The van der Waals surface area contributed by atoms with Gasteiger partial charge >= 0.3 is 0 Å². The van der Waals surface area contributed by atoms with E-state index in [0.717, 1.165) is 30.0 Å². The fraction of sp³-hybridized carbons (Fsp3) is 0.667. The van der Waals surface area contributed by atoms with Gasteiger partial charge in [0.05, 0.1) is 11.5 Å². The van der Waals surface area contributed by atoms with Crippen LogP contribution in [0.4, 0.5) is 5.69 Å². The molecule has 1 aromatic rings. The summed E-state index contributed by atoms with van der Waals surface area (Å²) in [6.45, 7) is 5.80. The summed E-state index contributed by atoms with van der Waals surface area (Å²) in [6.07, 6.45) is 5.06. The van der Waals surface area contributed by atoms with Crippen LogP contribution in [0.15, 0.2) is 12.1 Å². The Labute approximate surface area is 147 Å². The number of nitro groups is 1. The van der Waals surface area contributed by atoms with Crippen molar-refractivity contribution in [2.24, 2.45) is 0 Å². The molecule has 2 fully saturated rings. The minimum Gasteiger partial charge on any atom is -0.467 e. The molecule has 7 heteroatoms. The van der Waals surface area contributed by atoms with E-state index in [4.69, 9.17) is 9.47 Å². The minimum absolute atomic E-state index is 0.121. The normalized spacial score (nSPS) is 24.7. The minimum atomic E-state index is -0.332. The quantitative estimate of drug-likeness (QED) is 0.616. The molecule has 2 saturated heterocycles. The maximum absolute atomic E-state index is 11.3. The average Bonchev–Trinajstić information content (AvgIpc) is 3.16. The molecule has 1 unspecified atom stereocenters. The fourth-order valence-electron chi connectivity index (χ4n) is 4.32. The maximum Gasteiger partial charge on any atom is 0.270 e. The second kappa shape index (κ2) is 7.27. The van der Waals surface area contributed by atoms with E-state index in [1.165, 1.54) is 38.8 Å². The van der Waals surface area contributed by atoms with Crippen LogP contribution in [0, 0.1) is 10.1 Å². The predicted octanol–water partition coefficient (Wildman–Crippen LogP) is 2.52. The zero-order chi connectivity index (χ0) is 17.2. The molecular formula is C18H25N3O4. The van der Waals surface area contributed by atoms with E-state index in [-0.39, 0.29) is 17.4 Å². The Morgan fingerprint density at radius 1 is 1.20 bits per heavy atom. The molecule has 0 N–H and O–H groups in total. The van der Waals surface area contributed by atoms with Crippen molar-refractivity contribution in [3.63, 3.8) is 0 Å². The highest BCUT2D eigenvalue weighted by Crippen LogP contribution is 2.34. The van der Waals surface area contributed by atoms with Gasteiger partial charge in [0.25, 0.3) is 5.69 Å². The number of fused-ring (bicyclic) bond motifs is 1. The zero-order valence-corrected chi connectivity index (χ0v) is 14.5. The first-order chi connectivity index (χ1) is 12.2. The summed E-state index contributed by atoms with van der Waals surface area (Å²) in [5.41, 5.74) is 1.81. The van der Waals surface area contributed by atoms with Crippen LogP contribution in [0.25, 0.3) is 0 Å². The molecule has 1 aromatic carbocycles. The molecular weight excluding hydrogens is 322 g/mol. The monoisotopic (exact) mass is 347 g/mol. The van der Waals surface area contributed by atoms with Crippen LogP contribution in [-0.4, -0.2) is 53.7 Å². The van der Waals surface area contributed by atoms with Gasteiger partial charge in [-0.25, -0.2) is 0 Å². The van der Waals surface area contributed by atoms with Crippen LogP contribution in [0.3, 0.4) is 0 Å². The summed E-state index contributed by atoms with van der Waals surface area (Å²) in [7, 11) is 0. The van der Waals surface area contributed by atoms with E-state index in [1.54, 1.807) is 12.1 Å². The lowest BCUT2D eigenvalue weighted by Crippen LogP contribution is -2.46. The predicted molar refractivity (Wildman–Crippen MR) is 92.5 cm³/mol. The fourth-order valence-corrected chi connectivity index (χ4v) is 4.32. The van der Waals surface area contributed by atoms with Crippen molar-refractivity contribution >= 4 is 5.69 Å². The zero-order valence-electron chi connectivity index (χ0n) is 14.5. The Bertz CT molecular complexity index is 645. The Morgan fingerprint density at radius 2 is 2.04 bits per heavy atom. The van der Waals surface area contributed by atoms with Gasteiger partial charge in [-0.1, -0.05) is 0 Å². The second-order valence-corrected chi connectivity index (χ2v) is 7.24. The third-order valence-corrected chi connectivity index (χ3v) is 5.51. The molecule has 0 saturated carbocycles. The summed E-state index contributed by atoms with van der Waals surface area (Å²) < 4.78 is 11.0. The van der Waals surface area contributed by atoms with Crippen molar-refractivity contribution in [1.82, 2.24) is 9.80 Å². The number of ether oxygens (including phenoxy) is 2. The van der Waals surface area contributed by atoms with Crippen LogP contribution in [0.2, 0.25) is 0 Å². The molecule has 1 atom stereocenters. The lowest BCUT2D eigenvalue weighted by molar-refractivity contribution is -0.385. The van der Waals surface area contributed by atoms with Gasteiger partial charge in [-0.3, -0.25) is 19.9 Å². The van der Waals surface area contributed by atoms with E-state index in [2.05, 4.69) is 9.80 Å². The average molecular weight is 347 g/mol. The van der Waals surface area contributed by atoms with Crippen molar-refractivity contribution in [3.05, 3.63) is 33.4 Å². The molecule has 0 spiro atoms. The van der Waals surface area contributed by atoms with Gasteiger partial charge in [-0.05, 0) is 45.3 Å². The molecule has 0 bridgehead atoms. The van der Waals surface area contributed by atoms with Crippen molar-refractivity contribution in [1.29, 1.82) is 0 Å². The van der Waals surface area contributed by atoms with Crippen molar-refractivity contribution in [3.8, 4) is 5.75 Å². The Morgan fingerprint density at radius 3 is 2.84 bits per heavy atom. The Kier molecular flexibility index (Phi) is 4.87. The van der Waals surface area contributed by atoms with Crippen molar-refractivity contribution in [2.75, 3.05) is 33.0 Å². The van der Waals surface area contributed by atoms with E-state index < -0.39 is 0 Å². The first kappa shape index (κ1) is 16.8. The van der Waals surface area contributed by atoms with E-state index >= 15 is 0 Å². The van der Waals surface area contributed by atoms with E-state index in [9.17, 15) is 10.1 Å². The summed E-state index contributed by atoms with van der Waals surface area (Å²) in [5.74, 6) is 0.778. The summed E-state index contributed by atoms with van der Waals surface area (Å²) in [5, 5.41) is 11.3. The molecule has 0 aromatic heterocycles. The van der Waals surface area contributed by atoms with Gasteiger partial charge in [0, 0.05) is 42.4 Å². The smallest absolute Gasteiger partial charge is 0.270 e. The molecule has 3 aliphatic heterocycles. The Hall–Kier alpha value is -1.70. The highest BCUT2D eigenvalue weighted by atomic mass is 16.7. The third-order valence-electron chi connectivity index (χ3n) is 5.51. The van der Waals surface area contributed by atoms with Gasteiger partial charge in [-0.15, -0.1) is 0 Å². The number of non-ortho nitro benzene ring substituents is 1. The summed E-state index contributed by atoms with van der Waals surface area (Å²) in [6, 6.07) is 3.86. The number of nitro benzene ring substituents is 1. The molecule has 3 aliphatic rings. The van der Waals surface area contributed by atoms with Gasteiger partial charge in [0.15, 0.2) is 6.79 Å². The van der Waals surface area contributed by atoms with Crippen LogP contribution < -0.4 is 4.74 Å². The van der Waals surface area contributed by atoms with Crippen molar-refractivity contribution in [2.45, 2.75) is 44.9 Å². The SMILES string of the molecule is O=[N+]([O-])c1cc2c(c(CN3CCCC(N4CCCC4)C3)c1)OCOC2. The summed E-state index contributed by atoms with van der Waals surface area (Å²) >= 11 is 0. The molecule has 7 nitrogen and oxygen atoms in total. The molecule has 0 amide bonds. The van der Waals surface area contributed by atoms with Crippen LogP contribution in [0.1, 0.15) is 36.8 Å². The number of hydrogen-bond donors (Lipinski definition) is 0. The number of likely N-dealkylation sites (tertiary alicyclic amines) is 2.